The van der Waals surface area contributed by atoms with Crippen LogP contribution in [0.25, 0.3) is 0 Å². The molecule has 100 valence electrons. The average molecular weight is 240 g/mol. The molecule has 17 heavy (non-hydrogen) atoms. The SMILES string of the molecule is NCC1CCCCCC1N1CCC(CO)CC1. The average Bonchev–Trinajstić information content (AvgIpc) is 2.64. The number of rotatable bonds is 3. The Morgan fingerprint density at radius 2 is 1.71 bits per heavy atom. The highest BCUT2D eigenvalue weighted by Crippen LogP contribution is 2.29. The Kier molecular flexibility index (Phi) is 5.26. The van der Waals surface area contributed by atoms with Gasteiger partial charge in [0.2, 0.25) is 0 Å². The molecule has 2 unspecified atom stereocenters. The van der Waals surface area contributed by atoms with Gasteiger partial charge in [-0.1, -0.05) is 19.3 Å². The summed E-state index contributed by atoms with van der Waals surface area (Å²) in [6.07, 6.45) is 9.13. The Morgan fingerprint density at radius 3 is 2.35 bits per heavy atom. The number of likely N-dealkylation sites (tertiary alicyclic amines) is 1. The lowest BCUT2D eigenvalue weighted by Gasteiger charge is -2.40. The lowest BCUT2D eigenvalue weighted by Crippen LogP contribution is -2.47. The van der Waals surface area contributed by atoms with Crippen molar-refractivity contribution in [2.45, 2.75) is 51.0 Å². The van der Waals surface area contributed by atoms with Crippen LogP contribution in [0.5, 0.6) is 0 Å². The van der Waals surface area contributed by atoms with Crippen LogP contribution in [-0.2, 0) is 0 Å². The van der Waals surface area contributed by atoms with Crippen molar-refractivity contribution in [3.8, 4) is 0 Å². The number of aliphatic hydroxyl groups excluding tert-OH is 1. The van der Waals surface area contributed by atoms with Crippen LogP contribution in [0.4, 0.5) is 0 Å². The fourth-order valence-corrected chi connectivity index (χ4v) is 3.59. The predicted molar refractivity (Wildman–Crippen MR) is 70.8 cm³/mol. The second-order valence-corrected chi connectivity index (χ2v) is 5.86. The first-order valence-electron chi connectivity index (χ1n) is 7.40. The molecule has 0 aromatic heterocycles. The van der Waals surface area contributed by atoms with Crippen molar-refractivity contribution in [2.75, 3.05) is 26.2 Å². The lowest BCUT2D eigenvalue weighted by atomic mass is 9.89. The van der Waals surface area contributed by atoms with Crippen LogP contribution in [0.2, 0.25) is 0 Å². The quantitative estimate of drug-likeness (QED) is 0.737. The highest BCUT2D eigenvalue weighted by atomic mass is 16.3. The van der Waals surface area contributed by atoms with Crippen LogP contribution in [-0.4, -0.2) is 42.3 Å². The number of nitrogens with zero attached hydrogens (tertiary/aromatic N) is 1. The Morgan fingerprint density at radius 1 is 1.00 bits per heavy atom. The van der Waals surface area contributed by atoms with E-state index in [9.17, 15) is 5.11 Å². The van der Waals surface area contributed by atoms with E-state index in [0.29, 0.717) is 18.4 Å². The zero-order valence-corrected chi connectivity index (χ0v) is 11.0. The number of nitrogens with two attached hydrogens (primary N) is 1. The Hall–Kier alpha value is -0.120. The smallest absolute Gasteiger partial charge is 0.0460 e. The first-order chi connectivity index (χ1) is 8.35. The molecule has 1 aliphatic carbocycles. The van der Waals surface area contributed by atoms with Gasteiger partial charge in [0.25, 0.3) is 0 Å². The highest BCUT2D eigenvalue weighted by molar-refractivity contribution is 4.85. The minimum absolute atomic E-state index is 0.374. The lowest BCUT2D eigenvalue weighted by molar-refractivity contribution is 0.0722. The van der Waals surface area contributed by atoms with E-state index in [1.807, 2.05) is 0 Å². The van der Waals surface area contributed by atoms with Gasteiger partial charge in [0.1, 0.15) is 0 Å². The molecular weight excluding hydrogens is 212 g/mol. The molecule has 0 radical (unpaired) electrons. The molecule has 3 nitrogen and oxygen atoms in total. The second-order valence-electron chi connectivity index (χ2n) is 5.86. The summed E-state index contributed by atoms with van der Waals surface area (Å²) in [4.78, 5) is 2.66. The maximum atomic E-state index is 9.19. The van der Waals surface area contributed by atoms with Crippen molar-refractivity contribution >= 4 is 0 Å². The van der Waals surface area contributed by atoms with Gasteiger partial charge in [0, 0.05) is 12.6 Å². The zero-order valence-electron chi connectivity index (χ0n) is 11.0. The summed E-state index contributed by atoms with van der Waals surface area (Å²) in [7, 11) is 0. The van der Waals surface area contributed by atoms with Gasteiger partial charge in [0.15, 0.2) is 0 Å². The number of hydrogen-bond donors (Lipinski definition) is 2. The molecule has 1 aliphatic heterocycles. The van der Waals surface area contributed by atoms with E-state index in [1.54, 1.807) is 0 Å². The van der Waals surface area contributed by atoms with E-state index < -0.39 is 0 Å². The van der Waals surface area contributed by atoms with E-state index in [2.05, 4.69) is 4.90 Å². The van der Waals surface area contributed by atoms with Crippen molar-refractivity contribution < 1.29 is 5.11 Å². The fraction of sp³-hybridized carbons (Fsp3) is 1.00. The van der Waals surface area contributed by atoms with E-state index in [4.69, 9.17) is 5.73 Å². The van der Waals surface area contributed by atoms with E-state index >= 15 is 0 Å². The second kappa shape index (κ2) is 6.72. The number of aliphatic hydroxyl groups is 1. The van der Waals surface area contributed by atoms with Gasteiger partial charge in [0.05, 0.1) is 0 Å². The summed E-state index contributed by atoms with van der Waals surface area (Å²) in [5, 5.41) is 9.19. The number of hydrogen-bond acceptors (Lipinski definition) is 3. The number of piperidine rings is 1. The molecule has 1 saturated carbocycles. The first-order valence-corrected chi connectivity index (χ1v) is 7.40. The fourth-order valence-electron chi connectivity index (χ4n) is 3.59. The van der Waals surface area contributed by atoms with Gasteiger partial charge in [-0.2, -0.15) is 0 Å². The van der Waals surface area contributed by atoms with Gasteiger partial charge in [-0.05, 0) is 57.2 Å². The molecule has 0 aromatic rings. The molecule has 0 aromatic carbocycles. The summed E-state index contributed by atoms with van der Waals surface area (Å²) in [5.41, 5.74) is 5.96. The van der Waals surface area contributed by atoms with Crippen LogP contribution in [0.1, 0.15) is 44.9 Å². The molecule has 2 fully saturated rings. The maximum Gasteiger partial charge on any atom is 0.0460 e. The largest absolute Gasteiger partial charge is 0.396 e. The summed E-state index contributed by atoms with van der Waals surface area (Å²) < 4.78 is 0. The monoisotopic (exact) mass is 240 g/mol. The summed E-state index contributed by atoms with van der Waals surface area (Å²) in [6.45, 7) is 3.57. The highest BCUT2D eigenvalue weighted by Gasteiger charge is 2.30. The van der Waals surface area contributed by atoms with Crippen molar-refractivity contribution in [1.29, 1.82) is 0 Å². The van der Waals surface area contributed by atoms with Gasteiger partial charge in [-0.15, -0.1) is 0 Å². The van der Waals surface area contributed by atoms with E-state index in [-0.39, 0.29) is 0 Å². The van der Waals surface area contributed by atoms with Crippen LogP contribution in [0, 0.1) is 11.8 Å². The minimum atomic E-state index is 0.374. The normalized spacial score (nSPS) is 33.5. The van der Waals surface area contributed by atoms with Gasteiger partial charge in [-0.3, -0.25) is 0 Å². The minimum Gasteiger partial charge on any atom is -0.396 e. The van der Waals surface area contributed by atoms with Crippen LogP contribution in [0.15, 0.2) is 0 Å². The molecule has 2 rings (SSSR count). The van der Waals surface area contributed by atoms with Crippen molar-refractivity contribution in [3.63, 3.8) is 0 Å². The molecule has 0 spiro atoms. The molecule has 2 atom stereocenters. The van der Waals surface area contributed by atoms with Gasteiger partial charge in [-0.25, -0.2) is 0 Å². The molecule has 0 bridgehead atoms. The van der Waals surface area contributed by atoms with Crippen LogP contribution < -0.4 is 5.73 Å². The Balaban J connectivity index is 1.90. The Labute approximate surface area is 105 Å². The molecule has 2 aliphatic rings. The molecule has 3 heteroatoms. The molecule has 0 amide bonds. The molecule has 1 heterocycles. The van der Waals surface area contributed by atoms with Crippen LogP contribution >= 0.6 is 0 Å². The zero-order chi connectivity index (χ0) is 12.1. The Bertz CT molecular complexity index is 214. The standard InChI is InChI=1S/C14H28N2O/c15-10-13-4-2-1-3-5-14(13)16-8-6-12(11-17)7-9-16/h12-14,17H,1-11,15H2. The summed E-state index contributed by atoms with van der Waals surface area (Å²) in [5.74, 6) is 1.26. The van der Waals surface area contributed by atoms with Crippen molar-refractivity contribution in [3.05, 3.63) is 0 Å². The van der Waals surface area contributed by atoms with Gasteiger partial charge >= 0.3 is 0 Å². The third kappa shape index (κ3) is 3.43. The predicted octanol–water partition coefficient (Wildman–Crippen LogP) is 1.60. The maximum absolute atomic E-state index is 9.19. The van der Waals surface area contributed by atoms with Gasteiger partial charge < -0.3 is 15.7 Å². The third-order valence-corrected chi connectivity index (χ3v) is 4.80. The summed E-state index contributed by atoms with van der Waals surface area (Å²) in [6, 6.07) is 0.724. The van der Waals surface area contributed by atoms with E-state index in [0.717, 1.165) is 12.6 Å². The topological polar surface area (TPSA) is 49.5 Å². The van der Waals surface area contributed by atoms with Crippen molar-refractivity contribution in [1.82, 2.24) is 4.90 Å². The molecule has 3 N–H and O–H groups in total. The summed E-state index contributed by atoms with van der Waals surface area (Å²) >= 11 is 0. The van der Waals surface area contributed by atoms with Crippen LogP contribution in [0.3, 0.4) is 0 Å². The molecule has 1 saturated heterocycles. The van der Waals surface area contributed by atoms with E-state index in [1.165, 1.54) is 58.0 Å². The molecular formula is C14H28N2O. The third-order valence-electron chi connectivity index (χ3n) is 4.80. The van der Waals surface area contributed by atoms with Crippen molar-refractivity contribution in [2.24, 2.45) is 17.6 Å². The first kappa shape index (κ1) is 13.3.